The Morgan fingerprint density at radius 2 is 1.34 bits per heavy atom. The summed E-state index contributed by atoms with van der Waals surface area (Å²) in [7, 11) is 3.97. The van der Waals surface area contributed by atoms with E-state index < -0.39 is 6.29 Å². The summed E-state index contributed by atoms with van der Waals surface area (Å²) in [4.78, 5) is 13.7. The molecule has 4 unspecified atom stereocenters. The lowest BCUT2D eigenvalue weighted by molar-refractivity contribution is 0.0217. The Kier molecular flexibility index (Phi) is 10.3. The van der Waals surface area contributed by atoms with E-state index in [0.29, 0.717) is 38.2 Å². The molecule has 4 atom stereocenters. The molecule has 0 spiro atoms. The molecule has 0 fully saturated rings. The first kappa shape index (κ1) is 28.3. The first-order valence-corrected chi connectivity index (χ1v) is 16.3. The number of benzene rings is 4. The van der Waals surface area contributed by atoms with Gasteiger partial charge in [-0.15, -0.1) is 0 Å². The van der Waals surface area contributed by atoms with Crippen LogP contribution in [0.1, 0.15) is 34.0 Å². The molecular formula is C31H33O4P3. The minimum absolute atomic E-state index is 0.0717. The first-order valence-electron chi connectivity index (χ1n) is 12.5. The van der Waals surface area contributed by atoms with E-state index in [1.165, 1.54) is 10.6 Å². The number of ketones is 1. The third-order valence-electron chi connectivity index (χ3n) is 6.04. The maximum Gasteiger partial charge on any atom is 0.238 e. The van der Waals surface area contributed by atoms with Crippen molar-refractivity contribution in [3.8, 4) is 17.2 Å². The monoisotopic (exact) mass is 562 g/mol. The first-order chi connectivity index (χ1) is 18.5. The van der Waals surface area contributed by atoms with Crippen LogP contribution < -0.4 is 24.8 Å². The summed E-state index contributed by atoms with van der Waals surface area (Å²) in [5.41, 5.74) is 3.32. The Morgan fingerprint density at radius 3 is 1.95 bits per heavy atom. The Balaban J connectivity index is 1.59. The summed E-state index contributed by atoms with van der Waals surface area (Å²) < 4.78 is 17.7. The van der Waals surface area contributed by atoms with E-state index in [1.54, 1.807) is 0 Å². The highest BCUT2D eigenvalue weighted by Crippen LogP contribution is 2.27. The predicted molar refractivity (Wildman–Crippen MR) is 166 cm³/mol. The largest absolute Gasteiger partial charge is 0.490 e. The predicted octanol–water partition coefficient (Wildman–Crippen LogP) is 6.39. The molecule has 0 radical (unpaired) electrons. The topological polar surface area (TPSA) is 44.8 Å². The second kappa shape index (κ2) is 13.9. The summed E-state index contributed by atoms with van der Waals surface area (Å²) in [5, 5.41) is 2.49. The molecule has 4 rings (SSSR count). The molecule has 0 N–H and O–H groups in total. The smallest absolute Gasteiger partial charge is 0.238 e. The fraction of sp³-hybridized carbons (Fsp3) is 0.194. The lowest BCUT2D eigenvalue weighted by atomic mass is 9.97. The molecule has 0 saturated carbocycles. The zero-order chi connectivity index (χ0) is 26.9. The lowest BCUT2D eigenvalue weighted by Gasteiger charge is -2.19. The van der Waals surface area contributed by atoms with Gasteiger partial charge >= 0.3 is 0 Å². The van der Waals surface area contributed by atoms with Gasteiger partial charge in [0.15, 0.2) is 5.78 Å². The van der Waals surface area contributed by atoms with E-state index in [1.807, 2.05) is 85.8 Å². The molecule has 4 nitrogen and oxygen atoms in total. The van der Waals surface area contributed by atoms with Crippen LogP contribution in [-0.4, -0.2) is 31.8 Å². The highest BCUT2D eigenvalue weighted by Gasteiger charge is 2.18. The average Bonchev–Trinajstić information content (AvgIpc) is 2.95. The van der Waals surface area contributed by atoms with Crippen LogP contribution in [0, 0.1) is 0 Å². The van der Waals surface area contributed by atoms with Crippen molar-refractivity contribution in [2.75, 3.05) is 19.7 Å². The third-order valence-corrected chi connectivity index (χ3v) is 8.03. The van der Waals surface area contributed by atoms with E-state index in [-0.39, 0.29) is 5.78 Å². The number of rotatable bonds is 12. The third kappa shape index (κ3) is 7.64. The van der Waals surface area contributed by atoms with Crippen LogP contribution in [0.15, 0.2) is 91.0 Å². The van der Waals surface area contributed by atoms with Gasteiger partial charge in [0.05, 0.1) is 5.56 Å². The van der Waals surface area contributed by atoms with Gasteiger partial charge in [-0.2, -0.15) is 0 Å². The van der Waals surface area contributed by atoms with Gasteiger partial charge in [0.2, 0.25) is 6.29 Å². The van der Waals surface area contributed by atoms with Crippen molar-refractivity contribution in [1.82, 2.24) is 0 Å². The number of carbonyl (C=O) groups excluding carboxylic acids is 1. The van der Waals surface area contributed by atoms with Crippen LogP contribution in [0.5, 0.6) is 17.2 Å². The zero-order valence-electron chi connectivity index (χ0n) is 21.9. The van der Waals surface area contributed by atoms with E-state index in [4.69, 9.17) is 14.2 Å². The van der Waals surface area contributed by atoms with Crippen molar-refractivity contribution in [3.05, 3.63) is 113 Å². The molecule has 0 aromatic heterocycles. The van der Waals surface area contributed by atoms with E-state index in [2.05, 4.69) is 34.7 Å². The minimum Gasteiger partial charge on any atom is -0.490 e. The molecule has 38 heavy (non-hydrogen) atoms. The van der Waals surface area contributed by atoms with Gasteiger partial charge in [0.1, 0.15) is 23.6 Å². The molecule has 0 aliphatic rings. The quantitative estimate of drug-likeness (QED) is 0.114. The van der Waals surface area contributed by atoms with Crippen molar-refractivity contribution < 1.29 is 19.0 Å². The van der Waals surface area contributed by atoms with Gasteiger partial charge in [-0.25, -0.2) is 0 Å². The SMILES string of the molecule is CPc1ccc(OC(C)Oc2ccc(Cc3ccc(OCP)cc3)cc2C(=O)c2ccc(PC)cc2)cc1. The van der Waals surface area contributed by atoms with Crippen LogP contribution in [0.2, 0.25) is 0 Å². The van der Waals surface area contributed by atoms with Gasteiger partial charge in [-0.1, -0.05) is 81.0 Å². The fourth-order valence-corrected chi connectivity index (χ4v) is 5.23. The maximum absolute atomic E-state index is 13.7. The zero-order valence-corrected chi connectivity index (χ0v) is 25.0. The molecule has 0 bridgehead atoms. The number of hydrogen-bond acceptors (Lipinski definition) is 4. The van der Waals surface area contributed by atoms with Crippen molar-refractivity contribution in [2.45, 2.75) is 19.6 Å². The molecule has 196 valence electrons. The fourth-order valence-electron chi connectivity index (χ4n) is 4.04. The minimum atomic E-state index is -0.574. The van der Waals surface area contributed by atoms with Crippen LogP contribution in [0.25, 0.3) is 0 Å². The Morgan fingerprint density at radius 1 is 0.763 bits per heavy atom. The standard InChI is InChI=1S/C31H33O4P3/c1-21(34-26-11-15-28(38-3)16-12-26)35-30-17-6-23(18-22-4-9-25(10-5-22)33-20-36)19-29(30)31(32)24-7-13-27(37-2)14-8-24/h4-17,19,21,37-38H,18,20,36H2,1-3H3. The molecule has 0 aliphatic heterocycles. The number of hydrogen-bond donors (Lipinski definition) is 0. The molecule has 7 heteroatoms. The van der Waals surface area contributed by atoms with Gasteiger partial charge in [0.25, 0.3) is 0 Å². The highest BCUT2D eigenvalue weighted by atomic mass is 31.1. The van der Waals surface area contributed by atoms with Crippen LogP contribution in [0.4, 0.5) is 0 Å². The normalized spacial score (nSPS) is 12.2. The molecule has 4 aromatic rings. The van der Waals surface area contributed by atoms with Crippen molar-refractivity contribution in [1.29, 1.82) is 0 Å². The van der Waals surface area contributed by atoms with Crippen molar-refractivity contribution in [2.24, 2.45) is 0 Å². The second-order valence-corrected chi connectivity index (χ2v) is 11.2. The second-order valence-electron chi connectivity index (χ2n) is 8.70. The lowest BCUT2D eigenvalue weighted by Crippen LogP contribution is -2.21. The molecule has 0 aliphatic carbocycles. The van der Waals surface area contributed by atoms with Crippen LogP contribution in [0.3, 0.4) is 0 Å². The number of carbonyl (C=O) groups is 1. The Bertz CT molecular complexity index is 1340. The maximum atomic E-state index is 13.7. The summed E-state index contributed by atoms with van der Waals surface area (Å²) in [6.45, 7) is 6.12. The Hall–Kier alpha value is -2.76. The van der Waals surface area contributed by atoms with E-state index in [0.717, 1.165) is 31.2 Å². The molecule has 0 saturated heterocycles. The summed E-state index contributed by atoms with van der Waals surface area (Å²) in [6.07, 6.45) is 0.669. The van der Waals surface area contributed by atoms with Gasteiger partial charge in [-0.3, -0.25) is 4.79 Å². The highest BCUT2D eigenvalue weighted by molar-refractivity contribution is 7.46. The average molecular weight is 563 g/mol. The molecule has 4 aromatic carbocycles. The molecular weight excluding hydrogens is 529 g/mol. The van der Waals surface area contributed by atoms with Crippen LogP contribution >= 0.6 is 26.4 Å². The van der Waals surface area contributed by atoms with E-state index >= 15 is 0 Å². The molecule has 0 heterocycles. The summed E-state index contributed by atoms with van der Waals surface area (Å²) in [6, 6.07) is 29.7. The number of ether oxygens (including phenoxy) is 3. The Labute approximate surface area is 231 Å². The van der Waals surface area contributed by atoms with Crippen LogP contribution in [-0.2, 0) is 6.42 Å². The van der Waals surface area contributed by atoms with E-state index in [9.17, 15) is 4.79 Å². The summed E-state index contributed by atoms with van der Waals surface area (Å²) in [5.74, 6) is 1.99. The molecule has 0 amide bonds. The van der Waals surface area contributed by atoms with Gasteiger partial charge in [-0.05, 0) is 77.9 Å². The van der Waals surface area contributed by atoms with Gasteiger partial charge in [0, 0.05) is 12.5 Å². The summed E-state index contributed by atoms with van der Waals surface area (Å²) >= 11 is 0. The van der Waals surface area contributed by atoms with Crippen molar-refractivity contribution >= 4 is 42.8 Å². The van der Waals surface area contributed by atoms with Gasteiger partial charge < -0.3 is 14.2 Å². The van der Waals surface area contributed by atoms with Crippen molar-refractivity contribution in [3.63, 3.8) is 0 Å².